The monoisotopic (exact) mass is 369 g/mol. The molecule has 4 heteroatoms. The van der Waals surface area contributed by atoms with Gasteiger partial charge < -0.3 is 10.0 Å². The number of likely N-dealkylation sites (tertiary alicyclic amines) is 1. The summed E-state index contributed by atoms with van der Waals surface area (Å²) in [5.74, 6) is 1.80. The number of rotatable bonds is 5. The van der Waals surface area contributed by atoms with Crippen molar-refractivity contribution < 1.29 is 14.7 Å². The van der Waals surface area contributed by atoms with E-state index in [1.807, 2.05) is 12.1 Å². The number of aromatic carboxylic acids is 1. The van der Waals surface area contributed by atoms with E-state index in [2.05, 4.69) is 4.90 Å². The van der Waals surface area contributed by atoms with Crippen molar-refractivity contribution in [1.29, 1.82) is 0 Å². The van der Waals surface area contributed by atoms with Gasteiger partial charge in [0.1, 0.15) is 0 Å². The highest BCUT2D eigenvalue weighted by molar-refractivity contribution is 5.89. The maximum absolute atomic E-state index is 12.9. The maximum atomic E-state index is 12.9. The van der Waals surface area contributed by atoms with Gasteiger partial charge in [0.15, 0.2) is 0 Å². The number of carboxylic acids is 1. The first-order valence-electron chi connectivity index (χ1n) is 10.7. The molecule has 1 amide bonds. The highest BCUT2D eigenvalue weighted by Gasteiger charge is 2.49. The molecule has 2 saturated carbocycles. The summed E-state index contributed by atoms with van der Waals surface area (Å²) in [6.45, 7) is 1.68. The quantitative estimate of drug-likeness (QED) is 0.838. The molecule has 0 spiro atoms. The number of nitrogens with zero attached hydrogens (tertiary/aromatic N) is 1. The predicted octanol–water partition coefficient (Wildman–Crippen LogP) is 4.38. The SMILES string of the molecule is O=C(O)c1ccccc1CC1CCN(C(=O)C2CC2C2CCCCC2)CC1. The van der Waals surface area contributed by atoms with E-state index < -0.39 is 5.97 Å². The molecule has 146 valence electrons. The molecule has 4 nitrogen and oxygen atoms in total. The number of piperidine rings is 1. The highest BCUT2D eigenvalue weighted by atomic mass is 16.4. The van der Waals surface area contributed by atoms with Crippen molar-refractivity contribution in [3.8, 4) is 0 Å². The van der Waals surface area contributed by atoms with Crippen molar-refractivity contribution >= 4 is 11.9 Å². The van der Waals surface area contributed by atoms with Gasteiger partial charge in [-0.25, -0.2) is 4.79 Å². The Morgan fingerprint density at radius 2 is 1.70 bits per heavy atom. The van der Waals surface area contributed by atoms with Gasteiger partial charge in [0.05, 0.1) is 5.56 Å². The molecule has 1 aromatic rings. The molecule has 1 heterocycles. The van der Waals surface area contributed by atoms with E-state index in [0.29, 0.717) is 29.2 Å². The Morgan fingerprint density at radius 1 is 1.00 bits per heavy atom. The first kappa shape index (κ1) is 18.5. The Balaban J connectivity index is 1.27. The van der Waals surface area contributed by atoms with Crippen LogP contribution < -0.4 is 0 Å². The van der Waals surface area contributed by atoms with E-state index in [4.69, 9.17) is 0 Å². The van der Waals surface area contributed by atoms with Crippen LogP contribution in [0.2, 0.25) is 0 Å². The Bertz CT molecular complexity index is 687. The lowest BCUT2D eigenvalue weighted by Gasteiger charge is -2.33. The number of carbonyl (C=O) groups excluding carboxylic acids is 1. The molecule has 2 unspecified atom stereocenters. The molecule has 4 rings (SSSR count). The fraction of sp³-hybridized carbons (Fsp3) is 0.652. The second-order valence-corrected chi connectivity index (χ2v) is 8.84. The Labute approximate surface area is 161 Å². The van der Waals surface area contributed by atoms with Crippen LogP contribution in [0.4, 0.5) is 0 Å². The number of hydrogen-bond donors (Lipinski definition) is 1. The minimum Gasteiger partial charge on any atom is -0.478 e. The number of carboxylic acid groups (broad SMARTS) is 1. The number of hydrogen-bond acceptors (Lipinski definition) is 2. The first-order chi connectivity index (χ1) is 13.1. The van der Waals surface area contributed by atoms with E-state index in [1.165, 1.54) is 32.1 Å². The van der Waals surface area contributed by atoms with E-state index in [1.54, 1.807) is 12.1 Å². The molecule has 1 aliphatic heterocycles. The topological polar surface area (TPSA) is 57.6 Å². The lowest BCUT2D eigenvalue weighted by molar-refractivity contribution is -0.134. The molecule has 2 atom stereocenters. The van der Waals surface area contributed by atoms with Gasteiger partial charge in [-0.2, -0.15) is 0 Å². The van der Waals surface area contributed by atoms with Crippen LogP contribution in [-0.4, -0.2) is 35.0 Å². The van der Waals surface area contributed by atoms with Gasteiger partial charge in [-0.1, -0.05) is 50.3 Å². The average molecular weight is 370 g/mol. The summed E-state index contributed by atoms with van der Waals surface area (Å²) in [5.41, 5.74) is 1.35. The van der Waals surface area contributed by atoms with Gasteiger partial charge in [-0.05, 0) is 55.1 Å². The number of benzene rings is 1. The third-order valence-electron chi connectivity index (χ3n) is 7.09. The van der Waals surface area contributed by atoms with E-state index in [0.717, 1.165) is 50.3 Å². The smallest absolute Gasteiger partial charge is 0.335 e. The molecule has 1 N–H and O–H groups in total. The fourth-order valence-corrected chi connectivity index (χ4v) is 5.39. The minimum atomic E-state index is -0.847. The normalized spacial score (nSPS) is 26.7. The molecule has 0 radical (unpaired) electrons. The zero-order chi connectivity index (χ0) is 18.8. The fourth-order valence-electron chi connectivity index (χ4n) is 5.39. The van der Waals surface area contributed by atoms with Crippen LogP contribution in [0.3, 0.4) is 0 Å². The van der Waals surface area contributed by atoms with E-state index in [-0.39, 0.29) is 0 Å². The highest BCUT2D eigenvalue weighted by Crippen LogP contribution is 2.50. The Kier molecular flexibility index (Phi) is 5.51. The summed E-state index contributed by atoms with van der Waals surface area (Å²) >= 11 is 0. The van der Waals surface area contributed by atoms with Crippen molar-refractivity contribution in [2.24, 2.45) is 23.7 Å². The van der Waals surface area contributed by atoms with Crippen LogP contribution >= 0.6 is 0 Å². The zero-order valence-electron chi connectivity index (χ0n) is 16.1. The van der Waals surface area contributed by atoms with Gasteiger partial charge in [-0.3, -0.25) is 4.79 Å². The standard InChI is InChI=1S/C23H31NO3/c25-22(21-15-20(21)17-6-2-1-3-7-17)24-12-10-16(11-13-24)14-18-8-4-5-9-19(18)23(26)27/h4-5,8-9,16-17,20-21H,1-3,6-7,10-15H2,(H,26,27). The van der Waals surface area contributed by atoms with Crippen LogP contribution in [0.15, 0.2) is 24.3 Å². The number of amides is 1. The molecule has 2 aliphatic carbocycles. The van der Waals surface area contributed by atoms with Gasteiger partial charge in [-0.15, -0.1) is 0 Å². The molecule has 3 fully saturated rings. The van der Waals surface area contributed by atoms with Crippen molar-refractivity contribution in [3.63, 3.8) is 0 Å². The van der Waals surface area contributed by atoms with Gasteiger partial charge in [0, 0.05) is 19.0 Å². The lowest BCUT2D eigenvalue weighted by Crippen LogP contribution is -2.40. The molecule has 1 aromatic carbocycles. The third-order valence-corrected chi connectivity index (χ3v) is 7.09. The number of carbonyl (C=O) groups is 2. The minimum absolute atomic E-state index is 0.303. The second-order valence-electron chi connectivity index (χ2n) is 8.84. The average Bonchev–Trinajstić information content (AvgIpc) is 3.50. The lowest BCUT2D eigenvalue weighted by atomic mass is 9.85. The summed E-state index contributed by atoms with van der Waals surface area (Å²) in [4.78, 5) is 26.4. The van der Waals surface area contributed by atoms with Crippen LogP contribution in [0.25, 0.3) is 0 Å². The second kappa shape index (κ2) is 8.04. The molecule has 27 heavy (non-hydrogen) atoms. The third kappa shape index (κ3) is 4.20. The van der Waals surface area contributed by atoms with E-state index >= 15 is 0 Å². The first-order valence-corrected chi connectivity index (χ1v) is 10.7. The van der Waals surface area contributed by atoms with Gasteiger partial charge in [0.2, 0.25) is 5.91 Å². The molecule has 0 bridgehead atoms. The summed E-state index contributed by atoms with van der Waals surface area (Å²) in [5, 5.41) is 9.36. The van der Waals surface area contributed by atoms with Crippen LogP contribution in [0, 0.1) is 23.7 Å². The summed E-state index contributed by atoms with van der Waals surface area (Å²) < 4.78 is 0. The molecular formula is C23H31NO3. The summed E-state index contributed by atoms with van der Waals surface area (Å²) in [6.07, 6.45) is 10.6. The van der Waals surface area contributed by atoms with Gasteiger partial charge in [0.25, 0.3) is 0 Å². The molecular weight excluding hydrogens is 338 g/mol. The van der Waals surface area contributed by atoms with Crippen LogP contribution in [0.1, 0.15) is 67.3 Å². The largest absolute Gasteiger partial charge is 0.478 e. The molecule has 3 aliphatic rings. The zero-order valence-corrected chi connectivity index (χ0v) is 16.1. The van der Waals surface area contributed by atoms with Crippen LogP contribution in [-0.2, 0) is 11.2 Å². The summed E-state index contributed by atoms with van der Waals surface area (Å²) in [7, 11) is 0. The van der Waals surface area contributed by atoms with Crippen molar-refractivity contribution in [1.82, 2.24) is 4.90 Å². The van der Waals surface area contributed by atoms with Crippen molar-refractivity contribution in [3.05, 3.63) is 35.4 Å². The Hall–Kier alpha value is -1.84. The van der Waals surface area contributed by atoms with Crippen LogP contribution in [0.5, 0.6) is 0 Å². The van der Waals surface area contributed by atoms with Crippen molar-refractivity contribution in [2.45, 2.75) is 57.8 Å². The van der Waals surface area contributed by atoms with Gasteiger partial charge >= 0.3 is 5.97 Å². The molecule has 0 aromatic heterocycles. The Morgan fingerprint density at radius 3 is 2.41 bits per heavy atom. The summed E-state index contributed by atoms with van der Waals surface area (Å²) in [6, 6.07) is 7.32. The maximum Gasteiger partial charge on any atom is 0.335 e. The van der Waals surface area contributed by atoms with Crippen molar-refractivity contribution in [2.75, 3.05) is 13.1 Å². The molecule has 1 saturated heterocycles. The predicted molar refractivity (Wildman–Crippen MR) is 105 cm³/mol. The van der Waals surface area contributed by atoms with E-state index in [9.17, 15) is 14.7 Å².